The van der Waals surface area contributed by atoms with E-state index in [1.165, 1.54) is 0 Å². The lowest BCUT2D eigenvalue weighted by Gasteiger charge is -1.94. The fourth-order valence-corrected chi connectivity index (χ4v) is 1.18. The summed E-state index contributed by atoms with van der Waals surface area (Å²) in [6.07, 6.45) is 0. The van der Waals surface area contributed by atoms with E-state index in [0.717, 1.165) is 5.56 Å². The molecule has 68 valence electrons. The van der Waals surface area contributed by atoms with Crippen LogP contribution in [0.3, 0.4) is 0 Å². The van der Waals surface area contributed by atoms with Crippen LogP contribution in [-0.2, 0) is 0 Å². The van der Waals surface area contributed by atoms with Crippen molar-refractivity contribution in [2.75, 3.05) is 5.73 Å². The van der Waals surface area contributed by atoms with Gasteiger partial charge in [-0.25, -0.2) is 0 Å². The van der Waals surface area contributed by atoms with Crippen LogP contribution in [0.1, 0.15) is 5.76 Å². The van der Waals surface area contributed by atoms with Crippen molar-refractivity contribution in [3.05, 3.63) is 36.1 Å². The van der Waals surface area contributed by atoms with Gasteiger partial charge in [0.05, 0.1) is 0 Å². The Labute approximate surface area is 80.6 Å². The minimum Gasteiger partial charge on any atom is -0.393 e. The van der Waals surface area contributed by atoms with Gasteiger partial charge < -0.3 is 10.3 Å². The van der Waals surface area contributed by atoms with E-state index in [0.29, 0.717) is 11.4 Å². The van der Waals surface area contributed by atoms with Crippen molar-refractivity contribution in [1.82, 2.24) is 5.16 Å². The Morgan fingerprint density at radius 1 is 1.29 bits per heavy atom. The first kappa shape index (κ1) is 8.32. The highest BCUT2D eigenvalue weighted by atomic mass is 16.5. The van der Waals surface area contributed by atoms with Gasteiger partial charge >= 0.3 is 0 Å². The molecule has 0 saturated heterocycles. The molecular weight excluding hydrogens is 178 g/mol. The summed E-state index contributed by atoms with van der Waals surface area (Å²) in [6.45, 7) is 0. The van der Waals surface area contributed by atoms with Crippen LogP contribution in [0.4, 0.5) is 5.69 Å². The summed E-state index contributed by atoms with van der Waals surface area (Å²) >= 11 is 0. The predicted molar refractivity (Wildman–Crippen MR) is 51.1 cm³/mol. The SMILES string of the molecule is N#Cc1onc(-c2ccccc2)c1N. The molecule has 0 bridgehead atoms. The van der Waals surface area contributed by atoms with E-state index in [4.69, 9.17) is 15.5 Å². The molecule has 0 unspecified atom stereocenters. The highest BCUT2D eigenvalue weighted by molar-refractivity contribution is 5.74. The third kappa shape index (κ3) is 1.21. The maximum absolute atomic E-state index is 8.61. The van der Waals surface area contributed by atoms with E-state index in [1.807, 2.05) is 36.4 Å². The molecule has 0 aliphatic carbocycles. The first-order valence-electron chi connectivity index (χ1n) is 4.03. The Balaban J connectivity index is 2.54. The lowest BCUT2D eigenvalue weighted by atomic mass is 10.1. The van der Waals surface area contributed by atoms with Crippen LogP contribution in [0.5, 0.6) is 0 Å². The normalized spacial score (nSPS) is 9.64. The molecule has 2 N–H and O–H groups in total. The predicted octanol–water partition coefficient (Wildman–Crippen LogP) is 1.80. The van der Waals surface area contributed by atoms with Crippen LogP contribution < -0.4 is 5.73 Å². The molecule has 0 aliphatic heterocycles. The summed E-state index contributed by atoms with van der Waals surface area (Å²) in [6, 6.07) is 11.2. The summed E-state index contributed by atoms with van der Waals surface area (Å²) in [4.78, 5) is 0. The first-order valence-corrected chi connectivity index (χ1v) is 4.03. The fourth-order valence-electron chi connectivity index (χ4n) is 1.18. The van der Waals surface area contributed by atoms with Gasteiger partial charge in [-0.15, -0.1) is 0 Å². The molecule has 0 spiro atoms. The summed E-state index contributed by atoms with van der Waals surface area (Å²) < 4.78 is 4.76. The zero-order valence-corrected chi connectivity index (χ0v) is 7.27. The zero-order valence-electron chi connectivity index (χ0n) is 7.27. The summed E-state index contributed by atoms with van der Waals surface area (Å²) in [7, 11) is 0. The van der Waals surface area contributed by atoms with Gasteiger partial charge in [0.25, 0.3) is 5.76 Å². The van der Waals surface area contributed by atoms with Crippen LogP contribution in [-0.4, -0.2) is 5.16 Å². The number of nitriles is 1. The van der Waals surface area contributed by atoms with Crippen molar-refractivity contribution >= 4 is 5.69 Å². The third-order valence-electron chi connectivity index (χ3n) is 1.88. The number of hydrogen-bond acceptors (Lipinski definition) is 4. The third-order valence-corrected chi connectivity index (χ3v) is 1.88. The molecule has 0 amide bonds. The number of nitrogen functional groups attached to an aromatic ring is 1. The Kier molecular flexibility index (Phi) is 1.92. The maximum Gasteiger partial charge on any atom is 0.259 e. The monoisotopic (exact) mass is 185 g/mol. The van der Waals surface area contributed by atoms with E-state index in [-0.39, 0.29) is 5.76 Å². The van der Waals surface area contributed by atoms with Crippen molar-refractivity contribution in [3.8, 4) is 17.3 Å². The van der Waals surface area contributed by atoms with Crippen LogP contribution in [0.25, 0.3) is 11.3 Å². The van der Waals surface area contributed by atoms with Gasteiger partial charge in [-0.1, -0.05) is 35.5 Å². The van der Waals surface area contributed by atoms with Gasteiger partial charge in [0, 0.05) is 5.56 Å². The van der Waals surface area contributed by atoms with Gasteiger partial charge in [0.1, 0.15) is 17.5 Å². The molecular formula is C10H7N3O. The number of nitrogens with two attached hydrogens (primary N) is 1. The van der Waals surface area contributed by atoms with Gasteiger partial charge in [-0.3, -0.25) is 0 Å². The molecule has 4 heteroatoms. The van der Waals surface area contributed by atoms with Gasteiger partial charge in [-0.05, 0) is 0 Å². The number of rotatable bonds is 1. The molecule has 4 nitrogen and oxygen atoms in total. The lowest BCUT2D eigenvalue weighted by molar-refractivity contribution is 0.413. The van der Waals surface area contributed by atoms with E-state index in [9.17, 15) is 0 Å². The number of benzene rings is 1. The Morgan fingerprint density at radius 2 is 2.00 bits per heavy atom. The average molecular weight is 185 g/mol. The number of hydrogen-bond donors (Lipinski definition) is 1. The average Bonchev–Trinajstić information content (AvgIpc) is 2.61. The van der Waals surface area contributed by atoms with E-state index < -0.39 is 0 Å². The molecule has 1 heterocycles. The van der Waals surface area contributed by atoms with E-state index >= 15 is 0 Å². The first-order chi connectivity index (χ1) is 6.83. The fraction of sp³-hybridized carbons (Fsp3) is 0. The molecule has 0 saturated carbocycles. The lowest BCUT2D eigenvalue weighted by Crippen LogP contribution is -1.88. The number of aromatic nitrogens is 1. The standard InChI is InChI=1S/C10H7N3O/c11-6-8-9(12)10(13-14-8)7-4-2-1-3-5-7/h1-5H,12H2. The number of nitrogens with zero attached hydrogens (tertiary/aromatic N) is 2. The summed E-state index contributed by atoms with van der Waals surface area (Å²) in [5.41, 5.74) is 7.32. The smallest absolute Gasteiger partial charge is 0.259 e. The van der Waals surface area contributed by atoms with Crippen LogP contribution in [0.2, 0.25) is 0 Å². The highest BCUT2D eigenvalue weighted by Gasteiger charge is 2.13. The Hall–Kier alpha value is -2.28. The molecule has 1 aromatic carbocycles. The van der Waals surface area contributed by atoms with Crippen molar-refractivity contribution in [1.29, 1.82) is 5.26 Å². The largest absolute Gasteiger partial charge is 0.393 e. The molecule has 1 aromatic heterocycles. The molecule has 2 rings (SSSR count). The van der Waals surface area contributed by atoms with Crippen LogP contribution >= 0.6 is 0 Å². The quantitative estimate of drug-likeness (QED) is 0.734. The molecule has 0 radical (unpaired) electrons. The van der Waals surface area contributed by atoms with Crippen molar-refractivity contribution in [3.63, 3.8) is 0 Å². The topological polar surface area (TPSA) is 75.8 Å². The molecule has 0 atom stereocenters. The minimum absolute atomic E-state index is 0.0591. The van der Waals surface area contributed by atoms with E-state index in [1.54, 1.807) is 0 Å². The number of anilines is 1. The highest BCUT2D eigenvalue weighted by Crippen LogP contribution is 2.26. The second-order valence-corrected chi connectivity index (χ2v) is 2.75. The summed E-state index contributed by atoms with van der Waals surface area (Å²) in [5, 5.41) is 12.3. The molecule has 14 heavy (non-hydrogen) atoms. The second kappa shape index (κ2) is 3.23. The molecule has 0 fully saturated rings. The second-order valence-electron chi connectivity index (χ2n) is 2.75. The maximum atomic E-state index is 8.61. The minimum atomic E-state index is 0.0591. The Morgan fingerprint density at radius 3 is 2.57 bits per heavy atom. The van der Waals surface area contributed by atoms with Gasteiger partial charge in [0.15, 0.2) is 0 Å². The van der Waals surface area contributed by atoms with Crippen molar-refractivity contribution in [2.24, 2.45) is 0 Å². The summed E-state index contributed by atoms with van der Waals surface area (Å²) in [5.74, 6) is 0.0591. The van der Waals surface area contributed by atoms with Crippen LogP contribution in [0, 0.1) is 11.3 Å². The zero-order chi connectivity index (χ0) is 9.97. The van der Waals surface area contributed by atoms with E-state index in [2.05, 4.69) is 5.16 Å². The molecule has 0 aliphatic rings. The van der Waals surface area contributed by atoms with Crippen molar-refractivity contribution < 1.29 is 4.52 Å². The Bertz CT molecular complexity index is 482. The van der Waals surface area contributed by atoms with Gasteiger partial charge in [0.2, 0.25) is 0 Å². The van der Waals surface area contributed by atoms with Crippen molar-refractivity contribution in [2.45, 2.75) is 0 Å². The van der Waals surface area contributed by atoms with Crippen LogP contribution in [0.15, 0.2) is 34.9 Å². The molecule has 2 aromatic rings. The van der Waals surface area contributed by atoms with Gasteiger partial charge in [-0.2, -0.15) is 5.26 Å².